The maximum absolute atomic E-state index is 11.4. The Hall–Kier alpha value is -3.76. The molecular weight excluding hydrogens is 472 g/mol. The fourth-order valence-electron chi connectivity index (χ4n) is 4.30. The highest BCUT2D eigenvalue weighted by Crippen LogP contribution is 2.40. The van der Waals surface area contributed by atoms with Gasteiger partial charge in [0.05, 0.1) is 0 Å². The van der Waals surface area contributed by atoms with E-state index in [-0.39, 0.29) is 5.41 Å². The van der Waals surface area contributed by atoms with Crippen molar-refractivity contribution < 1.29 is 19.4 Å². The summed E-state index contributed by atoms with van der Waals surface area (Å²) in [5.74, 6) is -1.74. The summed E-state index contributed by atoms with van der Waals surface area (Å²) in [5, 5.41) is 8.53. The monoisotopic (exact) mass is 512 g/mol. The summed E-state index contributed by atoms with van der Waals surface area (Å²) >= 11 is 0. The molecule has 0 radical (unpaired) electrons. The van der Waals surface area contributed by atoms with Gasteiger partial charge in [0, 0.05) is 6.08 Å². The number of hydrogen-bond acceptors (Lipinski definition) is 4. The van der Waals surface area contributed by atoms with Crippen molar-refractivity contribution in [2.24, 2.45) is 5.41 Å². The van der Waals surface area contributed by atoms with E-state index in [4.69, 9.17) is 5.11 Å². The third kappa shape index (κ3) is 10.7. The summed E-state index contributed by atoms with van der Waals surface area (Å²) in [7, 11) is 0. The average Bonchev–Trinajstić information content (AvgIpc) is 2.89. The summed E-state index contributed by atoms with van der Waals surface area (Å²) in [4.78, 5) is 22.2. The first-order chi connectivity index (χ1) is 18.1. The normalized spacial score (nSPS) is 15.8. The van der Waals surface area contributed by atoms with Crippen molar-refractivity contribution in [3.8, 4) is 11.1 Å². The van der Waals surface area contributed by atoms with Crippen molar-refractivity contribution >= 4 is 11.9 Å². The van der Waals surface area contributed by atoms with Gasteiger partial charge in [-0.1, -0.05) is 116 Å². The van der Waals surface area contributed by atoms with Gasteiger partial charge in [0.15, 0.2) is 0 Å². The van der Waals surface area contributed by atoms with Gasteiger partial charge < -0.3 is 9.84 Å². The topological polar surface area (TPSA) is 63.6 Å². The lowest BCUT2D eigenvalue weighted by molar-refractivity contribution is -0.158. The van der Waals surface area contributed by atoms with Crippen LogP contribution in [0.5, 0.6) is 0 Å². The van der Waals surface area contributed by atoms with Gasteiger partial charge in [-0.3, -0.25) is 0 Å². The van der Waals surface area contributed by atoms with E-state index < -0.39 is 18.5 Å². The van der Waals surface area contributed by atoms with Crippen molar-refractivity contribution in [1.29, 1.82) is 0 Å². The molecule has 1 aliphatic carbocycles. The molecule has 0 aromatic heterocycles. The quantitative estimate of drug-likeness (QED) is 0.177. The van der Waals surface area contributed by atoms with E-state index in [1.165, 1.54) is 47.6 Å². The van der Waals surface area contributed by atoms with Gasteiger partial charge in [-0.15, -0.1) is 0 Å². The fraction of sp³-hybridized carbons (Fsp3) is 0.294. The Labute approximate surface area is 227 Å². The highest BCUT2D eigenvalue weighted by molar-refractivity contribution is 5.93. The minimum Gasteiger partial charge on any atom is -0.388 e. The number of rotatable bonds is 7. The zero-order valence-electron chi connectivity index (χ0n) is 23.2. The van der Waals surface area contributed by atoms with Crippen LogP contribution in [-0.2, 0) is 14.3 Å². The molecule has 1 N–H and O–H groups in total. The number of allylic oxidation sites excluding steroid dienone is 9. The van der Waals surface area contributed by atoms with Crippen LogP contribution in [0, 0.1) is 5.41 Å². The van der Waals surface area contributed by atoms with E-state index in [0.717, 1.165) is 5.57 Å². The van der Waals surface area contributed by atoms with E-state index in [0.29, 0.717) is 5.57 Å². The molecule has 0 atom stereocenters. The molecule has 0 bridgehead atoms. The standard InChI is InChI=1S/C22H30O4.C12H10/c1-16(11-12-19-18(3)10-7-13-22(19,4)5)8-6-9-17(2)14-20(24)26-21(25)15-23;1-3-7-11(8-4-1)12-9-5-2-6-10-12/h6,8-9,11-12,14,23H,7,10,13,15H2,1-5H3;1-10H/b9-6+,12-11+,16-8+,17-14+;. The van der Waals surface area contributed by atoms with E-state index in [9.17, 15) is 9.59 Å². The molecule has 4 nitrogen and oxygen atoms in total. The number of aliphatic hydroxyl groups excluding tert-OH is 1. The van der Waals surface area contributed by atoms with Crippen LogP contribution in [0.3, 0.4) is 0 Å². The lowest BCUT2D eigenvalue weighted by Crippen LogP contribution is -2.19. The van der Waals surface area contributed by atoms with Gasteiger partial charge in [0.2, 0.25) is 0 Å². The summed E-state index contributed by atoms with van der Waals surface area (Å²) in [6.45, 7) is 9.76. The Bertz CT molecular complexity index is 1170. The second kappa shape index (κ2) is 15.5. The highest BCUT2D eigenvalue weighted by Gasteiger charge is 2.26. The van der Waals surface area contributed by atoms with Gasteiger partial charge in [-0.2, -0.15) is 0 Å². The van der Waals surface area contributed by atoms with Crippen LogP contribution in [0.25, 0.3) is 11.1 Å². The molecule has 0 heterocycles. The highest BCUT2D eigenvalue weighted by atomic mass is 16.6. The maximum atomic E-state index is 11.4. The van der Waals surface area contributed by atoms with E-state index in [1.807, 2.05) is 31.2 Å². The summed E-state index contributed by atoms with van der Waals surface area (Å²) in [6, 6.07) is 20.8. The second-order valence-electron chi connectivity index (χ2n) is 10.1. The third-order valence-electron chi connectivity index (χ3n) is 6.34. The molecule has 200 valence electrons. The van der Waals surface area contributed by atoms with Gasteiger partial charge >= 0.3 is 11.9 Å². The van der Waals surface area contributed by atoms with Gasteiger partial charge in [-0.05, 0) is 67.7 Å². The van der Waals surface area contributed by atoms with Crippen molar-refractivity contribution in [3.63, 3.8) is 0 Å². The number of aliphatic hydroxyl groups is 1. The Morgan fingerprint density at radius 3 is 2.03 bits per heavy atom. The van der Waals surface area contributed by atoms with Crippen molar-refractivity contribution in [2.45, 2.75) is 53.9 Å². The Morgan fingerprint density at radius 2 is 1.50 bits per heavy atom. The molecule has 0 spiro atoms. The fourth-order valence-corrected chi connectivity index (χ4v) is 4.30. The molecule has 2 aromatic rings. The van der Waals surface area contributed by atoms with Crippen LogP contribution >= 0.6 is 0 Å². The molecule has 3 rings (SSSR count). The molecule has 0 fully saturated rings. The molecular formula is C34H40O4. The van der Waals surface area contributed by atoms with E-state index in [2.05, 4.69) is 86.2 Å². The zero-order valence-corrected chi connectivity index (χ0v) is 23.2. The smallest absolute Gasteiger partial charge is 0.339 e. The molecule has 0 saturated heterocycles. The summed E-state index contributed by atoms with van der Waals surface area (Å²) < 4.78 is 4.36. The first kappa shape index (κ1) is 30.5. The SMILES string of the molecule is CC1=C(/C=C/C(C)=C/C=C/C(C)=C/C(=O)OC(=O)CO)C(C)(C)CCC1.c1ccc(-c2ccccc2)cc1. The molecule has 0 saturated carbocycles. The Morgan fingerprint density at radius 1 is 0.921 bits per heavy atom. The number of ether oxygens (including phenoxy) is 1. The Balaban J connectivity index is 0.000000347. The largest absolute Gasteiger partial charge is 0.388 e. The van der Waals surface area contributed by atoms with Crippen LogP contribution in [0.2, 0.25) is 0 Å². The van der Waals surface area contributed by atoms with Gasteiger partial charge in [0.1, 0.15) is 6.61 Å². The predicted molar refractivity (Wildman–Crippen MR) is 156 cm³/mol. The maximum Gasteiger partial charge on any atom is 0.339 e. The lowest BCUT2D eigenvalue weighted by atomic mass is 9.72. The molecule has 1 aliphatic rings. The van der Waals surface area contributed by atoms with Gasteiger partial charge in [0.25, 0.3) is 0 Å². The van der Waals surface area contributed by atoms with Crippen LogP contribution in [0.1, 0.15) is 53.9 Å². The molecule has 0 unspecified atom stereocenters. The number of esters is 2. The number of benzene rings is 2. The van der Waals surface area contributed by atoms with E-state index >= 15 is 0 Å². The molecule has 2 aromatic carbocycles. The third-order valence-corrected chi connectivity index (χ3v) is 6.34. The van der Waals surface area contributed by atoms with Crippen LogP contribution in [0.15, 0.2) is 119 Å². The minimum atomic E-state index is -0.959. The average molecular weight is 513 g/mol. The first-order valence-electron chi connectivity index (χ1n) is 13.0. The number of hydrogen-bond donors (Lipinski definition) is 1. The number of carbonyl (C=O) groups is 2. The van der Waals surface area contributed by atoms with Crippen molar-refractivity contribution in [2.75, 3.05) is 6.61 Å². The van der Waals surface area contributed by atoms with Crippen LogP contribution in [-0.4, -0.2) is 23.7 Å². The second-order valence-corrected chi connectivity index (χ2v) is 10.1. The molecule has 0 amide bonds. The molecule has 0 aliphatic heterocycles. The van der Waals surface area contributed by atoms with E-state index in [1.54, 1.807) is 13.0 Å². The van der Waals surface area contributed by atoms with Crippen molar-refractivity contribution in [3.05, 3.63) is 119 Å². The predicted octanol–water partition coefficient (Wildman–Crippen LogP) is 7.93. The zero-order chi connectivity index (χ0) is 28.0. The van der Waals surface area contributed by atoms with Crippen LogP contribution < -0.4 is 0 Å². The summed E-state index contributed by atoms with van der Waals surface area (Å²) in [5.41, 5.74) is 7.43. The van der Waals surface area contributed by atoms with Gasteiger partial charge in [-0.25, -0.2) is 9.59 Å². The minimum absolute atomic E-state index is 0.223. The molecule has 4 heteroatoms. The molecule has 38 heavy (non-hydrogen) atoms. The Kier molecular flexibility index (Phi) is 12.4. The van der Waals surface area contributed by atoms with Crippen molar-refractivity contribution in [1.82, 2.24) is 0 Å². The summed E-state index contributed by atoms with van der Waals surface area (Å²) in [6.07, 6.45) is 14.8. The lowest BCUT2D eigenvalue weighted by Gasteiger charge is -2.32. The van der Waals surface area contributed by atoms with Crippen LogP contribution in [0.4, 0.5) is 0 Å². The number of carbonyl (C=O) groups excluding carboxylic acids is 2. The first-order valence-corrected chi connectivity index (χ1v) is 13.0.